The van der Waals surface area contributed by atoms with E-state index in [0.717, 1.165) is 11.1 Å². The van der Waals surface area contributed by atoms with Crippen LogP contribution >= 0.6 is 0 Å². The standard InChI is InChI=1S/C26H29NO6/c1-26(2,3)18-8-5-16(6-9-18)22-21(24(29)25(30)27(22)11-12-31-4)23(28)17-7-10-19-20(15-17)33-14-13-32-19/h5-10,15,22,28H,11-14H2,1-4H3/t22-/m1/s1. The first kappa shape index (κ1) is 22.9. The number of nitrogens with zero attached hydrogens (tertiary/aromatic N) is 1. The molecule has 0 aliphatic carbocycles. The highest BCUT2D eigenvalue weighted by molar-refractivity contribution is 6.46. The average molecular weight is 452 g/mol. The number of hydrogen-bond donors (Lipinski definition) is 1. The van der Waals surface area contributed by atoms with Gasteiger partial charge in [0.1, 0.15) is 19.0 Å². The number of amides is 1. The Labute approximate surface area is 193 Å². The summed E-state index contributed by atoms with van der Waals surface area (Å²) in [6.45, 7) is 7.71. The number of hydrogen-bond acceptors (Lipinski definition) is 6. The second-order valence-electron chi connectivity index (χ2n) is 9.22. The molecule has 0 radical (unpaired) electrons. The van der Waals surface area contributed by atoms with Gasteiger partial charge in [0.25, 0.3) is 11.7 Å². The monoisotopic (exact) mass is 451 g/mol. The predicted octanol–water partition coefficient (Wildman–Crippen LogP) is 3.82. The van der Waals surface area contributed by atoms with Crippen LogP contribution in [0.25, 0.3) is 5.76 Å². The number of rotatable bonds is 5. The fraction of sp³-hybridized carbons (Fsp3) is 0.385. The number of carbonyl (C=O) groups excluding carboxylic acids is 2. The fourth-order valence-electron chi connectivity index (χ4n) is 4.16. The van der Waals surface area contributed by atoms with Gasteiger partial charge in [0, 0.05) is 19.2 Å². The lowest BCUT2D eigenvalue weighted by molar-refractivity contribution is -0.140. The molecule has 1 fully saturated rings. The van der Waals surface area contributed by atoms with Gasteiger partial charge in [-0.05, 0) is 34.7 Å². The van der Waals surface area contributed by atoms with Crippen molar-refractivity contribution in [2.24, 2.45) is 0 Å². The Bertz CT molecular complexity index is 1100. The van der Waals surface area contributed by atoms with E-state index >= 15 is 0 Å². The molecule has 2 aliphatic heterocycles. The van der Waals surface area contributed by atoms with Crippen LogP contribution in [-0.2, 0) is 19.7 Å². The van der Waals surface area contributed by atoms with E-state index in [1.807, 2.05) is 24.3 Å². The van der Waals surface area contributed by atoms with Crippen molar-refractivity contribution >= 4 is 17.4 Å². The molecule has 7 nitrogen and oxygen atoms in total. The third-order valence-corrected chi connectivity index (χ3v) is 5.98. The fourth-order valence-corrected chi connectivity index (χ4v) is 4.16. The molecular formula is C26H29NO6. The number of Topliss-reactive ketones (excluding diaryl/α,β-unsaturated/α-hetero) is 1. The SMILES string of the molecule is COCCN1C(=O)C(=O)C(=C(O)c2ccc3c(c2)OCCO3)[C@H]1c1ccc(C(C)(C)C)cc1. The van der Waals surface area contributed by atoms with E-state index in [1.54, 1.807) is 25.3 Å². The summed E-state index contributed by atoms with van der Waals surface area (Å²) in [5, 5.41) is 11.2. The van der Waals surface area contributed by atoms with Crippen LogP contribution < -0.4 is 9.47 Å². The van der Waals surface area contributed by atoms with Crippen molar-refractivity contribution in [3.63, 3.8) is 0 Å². The maximum Gasteiger partial charge on any atom is 0.295 e. The molecule has 2 aromatic rings. The lowest BCUT2D eigenvalue weighted by atomic mass is 9.85. The molecule has 4 rings (SSSR count). The van der Waals surface area contributed by atoms with Crippen molar-refractivity contribution in [3.05, 3.63) is 64.7 Å². The van der Waals surface area contributed by atoms with Gasteiger partial charge in [-0.25, -0.2) is 0 Å². The minimum Gasteiger partial charge on any atom is -0.507 e. The van der Waals surface area contributed by atoms with Gasteiger partial charge in [-0.1, -0.05) is 45.0 Å². The van der Waals surface area contributed by atoms with Gasteiger partial charge >= 0.3 is 0 Å². The van der Waals surface area contributed by atoms with E-state index in [0.29, 0.717) is 30.3 Å². The van der Waals surface area contributed by atoms with E-state index in [-0.39, 0.29) is 29.9 Å². The Morgan fingerprint density at radius 2 is 1.73 bits per heavy atom. The number of aliphatic hydroxyl groups is 1. The highest BCUT2D eigenvalue weighted by Crippen LogP contribution is 2.41. The van der Waals surface area contributed by atoms with Crippen molar-refractivity contribution in [1.29, 1.82) is 0 Å². The number of fused-ring (bicyclic) bond motifs is 1. The van der Waals surface area contributed by atoms with Crippen LogP contribution in [0.3, 0.4) is 0 Å². The summed E-state index contributed by atoms with van der Waals surface area (Å²) in [6, 6.07) is 12.1. The van der Waals surface area contributed by atoms with Crippen molar-refractivity contribution in [3.8, 4) is 11.5 Å². The summed E-state index contributed by atoms with van der Waals surface area (Å²) >= 11 is 0. The third kappa shape index (κ3) is 4.33. The molecule has 2 aliphatic rings. The second kappa shape index (κ2) is 8.90. The van der Waals surface area contributed by atoms with Crippen LogP contribution in [0.4, 0.5) is 0 Å². The van der Waals surface area contributed by atoms with Crippen molar-refractivity contribution in [2.75, 3.05) is 33.5 Å². The average Bonchev–Trinajstić information content (AvgIpc) is 3.06. The summed E-state index contributed by atoms with van der Waals surface area (Å²) in [7, 11) is 1.54. The summed E-state index contributed by atoms with van der Waals surface area (Å²) in [4.78, 5) is 27.5. The van der Waals surface area contributed by atoms with Crippen LogP contribution in [0.1, 0.15) is 43.5 Å². The minimum absolute atomic E-state index is 0.0401. The summed E-state index contributed by atoms with van der Waals surface area (Å²) in [5.41, 5.74) is 2.28. The summed E-state index contributed by atoms with van der Waals surface area (Å²) < 4.78 is 16.3. The van der Waals surface area contributed by atoms with Crippen molar-refractivity contribution in [1.82, 2.24) is 4.90 Å². The highest BCUT2D eigenvalue weighted by Gasteiger charge is 2.46. The topological polar surface area (TPSA) is 85.3 Å². The maximum atomic E-state index is 13.1. The van der Waals surface area contributed by atoms with E-state index in [1.165, 1.54) is 4.90 Å². The first-order valence-corrected chi connectivity index (χ1v) is 11.0. The zero-order valence-electron chi connectivity index (χ0n) is 19.4. The van der Waals surface area contributed by atoms with E-state index < -0.39 is 17.7 Å². The Kier molecular flexibility index (Phi) is 6.17. The molecule has 0 aromatic heterocycles. The predicted molar refractivity (Wildman–Crippen MR) is 123 cm³/mol. The van der Waals surface area contributed by atoms with Gasteiger partial charge in [-0.15, -0.1) is 0 Å². The normalized spacial score (nSPS) is 19.8. The van der Waals surface area contributed by atoms with Gasteiger partial charge in [0.05, 0.1) is 18.2 Å². The quantitative estimate of drug-likeness (QED) is 0.423. The molecule has 33 heavy (non-hydrogen) atoms. The first-order valence-electron chi connectivity index (χ1n) is 11.0. The number of aliphatic hydroxyl groups excluding tert-OH is 1. The number of ether oxygens (including phenoxy) is 3. The number of benzene rings is 2. The van der Waals surface area contributed by atoms with Gasteiger partial charge in [0.2, 0.25) is 0 Å². The lowest BCUT2D eigenvalue weighted by Crippen LogP contribution is -2.32. The van der Waals surface area contributed by atoms with Crippen LogP contribution in [0.5, 0.6) is 11.5 Å². The molecular weight excluding hydrogens is 422 g/mol. The van der Waals surface area contributed by atoms with Gasteiger partial charge < -0.3 is 24.2 Å². The zero-order chi connectivity index (χ0) is 23.8. The smallest absolute Gasteiger partial charge is 0.295 e. The van der Waals surface area contributed by atoms with Gasteiger partial charge in [-0.2, -0.15) is 0 Å². The molecule has 0 spiro atoms. The molecule has 1 N–H and O–H groups in total. The van der Waals surface area contributed by atoms with Crippen LogP contribution in [-0.4, -0.2) is 55.2 Å². The maximum absolute atomic E-state index is 13.1. The molecule has 1 amide bonds. The summed E-state index contributed by atoms with van der Waals surface area (Å²) in [6.07, 6.45) is 0. The molecule has 174 valence electrons. The minimum atomic E-state index is -0.720. The lowest BCUT2D eigenvalue weighted by Gasteiger charge is -2.26. The number of carbonyl (C=O) groups is 2. The Balaban J connectivity index is 1.81. The molecule has 0 bridgehead atoms. The zero-order valence-corrected chi connectivity index (χ0v) is 19.4. The van der Waals surface area contributed by atoms with Crippen molar-refractivity contribution in [2.45, 2.75) is 32.2 Å². The van der Waals surface area contributed by atoms with Gasteiger partial charge in [-0.3, -0.25) is 9.59 Å². The largest absolute Gasteiger partial charge is 0.507 e. The number of ketones is 1. The van der Waals surface area contributed by atoms with E-state index in [2.05, 4.69) is 20.8 Å². The molecule has 1 atom stereocenters. The number of methoxy groups -OCH3 is 1. The van der Waals surface area contributed by atoms with Crippen LogP contribution in [0, 0.1) is 0 Å². The second-order valence-corrected chi connectivity index (χ2v) is 9.22. The first-order chi connectivity index (χ1) is 15.7. The Morgan fingerprint density at radius 1 is 1.06 bits per heavy atom. The van der Waals surface area contributed by atoms with Gasteiger partial charge in [0.15, 0.2) is 11.5 Å². The number of likely N-dealkylation sites (tertiary alicyclic amines) is 1. The van der Waals surface area contributed by atoms with Crippen LogP contribution in [0.15, 0.2) is 48.0 Å². The Morgan fingerprint density at radius 3 is 2.36 bits per heavy atom. The molecule has 7 heteroatoms. The van der Waals surface area contributed by atoms with E-state index in [9.17, 15) is 14.7 Å². The Hall–Kier alpha value is -3.32. The van der Waals surface area contributed by atoms with E-state index in [4.69, 9.17) is 14.2 Å². The van der Waals surface area contributed by atoms with Crippen LogP contribution in [0.2, 0.25) is 0 Å². The third-order valence-electron chi connectivity index (χ3n) is 5.98. The molecule has 2 aromatic carbocycles. The van der Waals surface area contributed by atoms with Crippen molar-refractivity contribution < 1.29 is 28.9 Å². The molecule has 0 unspecified atom stereocenters. The molecule has 0 saturated carbocycles. The molecule has 1 saturated heterocycles. The molecule has 2 heterocycles. The summed E-state index contributed by atoms with van der Waals surface area (Å²) in [5.74, 6) is -0.549. The highest BCUT2D eigenvalue weighted by atomic mass is 16.6.